The summed E-state index contributed by atoms with van der Waals surface area (Å²) in [6, 6.07) is 14.0. The lowest BCUT2D eigenvalue weighted by atomic mass is 10.0. The lowest BCUT2D eigenvalue weighted by Crippen LogP contribution is -2.36. The van der Waals surface area contributed by atoms with Crippen molar-refractivity contribution in [3.05, 3.63) is 71.5 Å². The van der Waals surface area contributed by atoms with E-state index in [0.29, 0.717) is 5.56 Å². The number of carbonyl (C=O) groups excluding carboxylic acids is 2. The summed E-state index contributed by atoms with van der Waals surface area (Å²) < 4.78 is 13.5. The number of hydrogen-bond donors (Lipinski definition) is 3. The summed E-state index contributed by atoms with van der Waals surface area (Å²) in [4.78, 5) is 23.2. The van der Waals surface area contributed by atoms with Crippen LogP contribution in [0.2, 0.25) is 0 Å². The molecule has 0 aliphatic heterocycles. The summed E-state index contributed by atoms with van der Waals surface area (Å²) in [7, 11) is 0. The first-order valence-electron chi connectivity index (χ1n) is 7.17. The number of nitrogens with two attached hydrogens (primary N) is 1. The first kappa shape index (κ1) is 16.5. The summed E-state index contributed by atoms with van der Waals surface area (Å²) in [5.41, 5.74) is 6.33. The van der Waals surface area contributed by atoms with E-state index in [2.05, 4.69) is 10.6 Å². The molecule has 3 amide bonds. The van der Waals surface area contributed by atoms with Crippen molar-refractivity contribution >= 4 is 11.9 Å². The van der Waals surface area contributed by atoms with Gasteiger partial charge in [-0.05, 0) is 11.6 Å². The fourth-order valence-corrected chi connectivity index (χ4v) is 2.20. The Balaban J connectivity index is 1.98. The van der Waals surface area contributed by atoms with E-state index < -0.39 is 12.1 Å². The number of amides is 3. The maximum Gasteiger partial charge on any atom is 0.312 e. The van der Waals surface area contributed by atoms with Crippen LogP contribution in [0.15, 0.2) is 54.6 Å². The summed E-state index contributed by atoms with van der Waals surface area (Å²) in [5, 5.41) is 5.18. The van der Waals surface area contributed by atoms with E-state index in [-0.39, 0.29) is 24.7 Å². The van der Waals surface area contributed by atoms with Gasteiger partial charge in [-0.1, -0.05) is 48.5 Å². The smallest absolute Gasteiger partial charge is 0.312 e. The number of nitrogens with one attached hydrogen (secondary N) is 2. The highest BCUT2D eigenvalue weighted by atomic mass is 19.1. The summed E-state index contributed by atoms with van der Waals surface area (Å²) >= 11 is 0. The van der Waals surface area contributed by atoms with Crippen LogP contribution in [0.25, 0.3) is 0 Å². The minimum absolute atomic E-state index is 0.0153. The molecule has 0 saturated carbocycles. The summed E-state index contributed by atoms with van der Waals surface area (Å²) in [6.07, 6.45) is 0.0153. The van der Waals surface area contributed by atoms with Gasteiger partial charge in [-0.25, -0.2) is 9.18 Å². The molecular formula is C17H18FN3O2. The molecule has 0 aliphatic rings. The van der Waals surface area contributed by atoms with E-state index in [0.717, 1.165) is 5.56 Å². The zero-order valence-electron chi connectivity index (χ0n) is 12.5. The topological polar surface area (TPSA) is 84.2 Å². The van der Waals surface area contributed by atoms with Crippen molar-refractivity contribution in [3.63, 3.8) is 0 Å². The fourth-order valence-electron chi connectivity index (χ4n) is 2.20. The molecule has 0 radical (unpaired) electrons. The van der Waals surface area contributed by atoms with Gasteiger partial charge < -0.3 is 16.4 Å². The number of carbonyl (C=O) groups is 2. The standard InChI is InChI=1S/C17H18FN3O2/c18-14-9-5-4-8-13(14)11-20-16(22)10-15(21-17(19)23)12-6-2-1-3-7-12/h1-9,15H,10-11H2,(H,20,22)(H3,19,21,23). The molecule has 120 valence electrons. The Morgan fingerprint density at radius 2 is 1.70 bits per heavy atom. The molecule has 23 heavy (non-hydrogen) atoms. The number of primary amides is 1. The van der Waals surface area contributed by atoms with Crippen LogP contribution in [-0.2, 0) is 11.3 Å². The van der Waals surface area contributed by atoms with Gasteiger partial charge in [0.15, 0.2) is 0 Å². The van der Waals surface area contributed by atoms with E-state index in [1.165, 1.54) is 6.07 Å². The van der Waals surface area contributed by atoms with Gasteiger partial charge in [0.25, 0.3) is 0 Å². The second-order valence-electron chi connectivity index (χ2n) is 5.04. The molecule has 0 heterocycles. The number of benzene rings is 2. The Bertz CT molecular complexity index is 677. The monoisotopic (exact) mass is 315 g/mol. The largest absolute Gasteiger partial charge is 0.352 e. The minimum atomic E-state index is -0.708. The van der Waals surface area contributed by atoms with Crippen molar-refractivity contribution < 1.29 is 14.0 Å². The third-order valence-electron chi connectivity index (χ3n) is 3.34. The zero-order valence-corrected chi connectivity index (χ0v) is 12.5. The third kappa shape index (κ3) is 5.10. The highest BCUT2D eigenvalue weighted by molar-refractivity contribution is 5.78. The number of halogens is 1. The molecule has 2 aromatic rings. The van der Waals surface area contributed by atoms with Crippen LogP contribution in [0.1, 0.15) is 23.6 Å². The van der Waals surface area contributed by atoms with E-state index in [4.69, 9.17) is 5.73 Å². The SMILES string of the molecule is NC(=O)NC(CC(=O)NCc1ccccc1F)c1ccccc1. The molecule has 0 fully saturated rings. The lowest BCUT2D eigenvalue weighted by Gasteiger charge is -2.17. The Labute approximate surface area is 133 Å². The van der Waals surface area contributed by atoms with Crippen LogP contribution >= 0.6 is 0 Å². The molecule has 4 N–H and O–H groups in total. The second kappa shape index (κ2) is 7.93. The highest BCUT2D eigenvalue weighted by Crippen LogP contribution is 2.16. The molecule has 0 aliphatic carbocycles. The fraction of sp³-hybridized carbons (Fsp3) is 0.176. The van der Waals surface area contributed by atoms with Crippen molar-refractivity contribution in [3.8, 4) is 0 Å². The lowest BCUT2D eigenvalue weighted by molar-refractivity contribution is -0.121. The van der Waals surface area contributed by atoms with E-state index in [9.17, 15) is 14.0 Å². The first-order chi connectivity index (χ1) is 11.1. The Hall–Kier alpha value is -2.89. The van der Waals surface area contributed by atoms with Gasteiger partial charge in [0.05, 0.1) is 12.5 Å². The van der Waals surface area contributed by atoms with Gasteiger partial charge in [-0.15, -0.1) is 0 Å². The van der Waals surface area contributed by atoms with Crippen molar-refractivity contribution in [2.45, 2.75) is 19.0 Å². The Kier molecular flexibility index (Phi) is 5.68. The molecule has 0 spiro atoms. The molecule has 1 unspecified atom stereocenters. The summed E-state index contributed by atoms with van der Waals surface area (Å²) in [6.45, 7) is 0.0869. The normalized spacial score (nSPS) is 11.5. The molecule has 6 heteroatoms. The number of rotatable bonds is 6. The van der Waals surface area contributed by atoms with Gasteiger partial charge in [0.2, 0.25) is 5.91 Å². The van der Waals surface area contributed by atoms with Gasteiger partial charge >= 0.3 is 6.03 Å². The van der Waals surface area contributed by atoms with E-state index >= 15 is 0 Å². The maximum atomic E-state index is 13.5. The predicted molar refractivity (Wildman–Crippen MR) is 84.8 cm³/mol. The zero-order chi connectivity index (χ0) is 16.7. The van der Waals surface area contributed by atoms with Crippen molar-refractivity contribution in [2.24, 2.45) is 5.73 Å². The van der Waals surface area contributed by atoms with Gasteiger partial charge in [-0.3, -0.25) is 4.79 Å². The molecule has 0 aromatic heterocycles. The van der Waals surface area contributed by atoms with Crippen molar-refractivity contribution in [1.29, 1.82) is 0 Å². The first-order valence-corrected chi connectivity index (χ1v) is 7.17. The van der Waals surface area contributed by atoms with Crippen LogP contribution in [0.3, 0.4) is 0 Å². The molecule has 1 atom stereocenters. The summed E-state index contributed by atoms with van der Waals surface area (Å²) in [5.74, 6) is -0.682. The second-order valence-corrected chi connectivity index (χ2v) is 5.04. The van der Waals surface area contributed by atoms with E-state index in [1.807, 2.05) is 18.2 Å². The average Bonchev–Trinajstić information content (AvgIpc) is 2.54. The van der Waals surface area contributed by atoms with Crippen LogP contribution in [0, 0.1) is 5.82 Å². The van der Waals surface area contributed by atoms with Crippen LogP contribution < -0.4 is 16.4 Å². The molecule has 2 rings (SSSR count). The molecule has 0 bridgehead atoms. The molecule has 2 aromatic carbocycles. The average molecular weight is 315 g/mol. The highest BCUT2D eigenvalue weighted by Gasteiger charge is 2.17. The number of urea groups is 1. The van der Waals surface area contributed by atoms with Gasteiger partial charge in [0.1, 0.15) is 5.82 Å². The molecule has 5 nitrogen and oxygen atoms in total. The van der Waals surface area contributed by atoms with Gasteiger partial charge in [0, 0.05) is 12.1 Å². The Morgan fingerprint density at radius 1 is 1.04 bits per heavy atom. The Morgan fingerprint density at radius 3 is 2.35 bits per heavy atom. The van der Waals surface area contributed by atoms with E-state index in [1.54, 1.807) is 30.3 Å². The predicted octanol–water partition coefficient (Wildman–Crippen LogP) is 2.24. The quantitative estimate of drug-likeness (QED) is 0.764. The number of hydrogen-bond acceptors (Lipinski definition) is 2. The third-order valence-corrected chi connectivity index (χ3v) is 3.34. The molecule has 0 saturated heterocycles. The molecular weight excluding hydrogens is 297 g/mol. The van der Waals surface area contributed by atoms with Crippen molar-refractivity contribution in [2.75, 3.05) is 0 Å². The minimum Gasteiger partial charge on any atom is -0.352 e. The van der Waals surface area contributed by atoms with Crippen LogP contribution in [0.5, 0.6) is 0 Å². The van der Waals surface area contributed by atoms with Gasteiger partial charge in [-0.2, -0.15) is 0 Å². The van der Waals surface area contributed by atoms with Crippen molar-refractivity contribution in [1.82, 2.24) is 10.6 Å². The van der Waals surface area contributed by atoms with Crippen LogP contribution in [0.4, 0.5) is 9.18 Å². The van der Waals surface area contributed by atoms with Crippen LogP contribution in [-0.4, -0.2) is 11.9 Å². The maximum absolute atomic E-state index is 13.5.